The van der Waals surface area contributed by atoms with Gasteiger partial charge in [-0.05, 0) is 32.2 Å². The van der Waals surface area contributed by atoms with Gasteiger partial charge in [0.2, 0.25) is 0 Å². The SMILES string of the molecule is CCOC(=O)C1(N)CCNCC1CC. The summed E-state index contributed by atoms with van der Waals surface area (Å²) in [7, 11) is 0. The van der Waals surface area contributed by atoms with Gasteiger partial charge in [-0.3, -0.25) is 4.79 Å². The zero-order valence-corrected chi connectivity index (χ0v) is 9.01. The van der Waals surface area contributed by atoms with Crippen LogP contribution in [0.15, 0.2) is 0 Å². The zero-order valence-electron chi connectivity index (χ0n) is 9.01. The molecule has 0 saturated carbocycles. The Morgan fingerprint density at radius 2 is 2.36 bits per heavy atom. The van der Waals surface area contributed by atoms with Gasteiger partial charge in [-0.25, -0.2) is 0 Å². The van der Waals surface area contributed by atoms with Gasteiger partial charge in [0.15, 0.2) is 0 Å². The predicted molar refractivity (Wildman–Crippen MR) is 54.8 cm³/mol. The van der Waals surface area contributed by atoms with Crippen molar-refractivity contribution in [2.45, 2.75) is 32.2 Å². The van der Waals surface area contributed by atoms with Gasteiger partial charge in [0.1, 0.15) is 5.54 Å². The third kappa shape index (κ3) is 2.07. The summed E-state index contributed by atoms with van der Waals surface area (Å²) in [4.78, 5) is 11.7. The van der Waals surface area contributed by atoms with Gasteiger partial charge in [0.25, 0.3) is 0 Å². The second-order valence-corrected chi connectivity index (χ2v) is 3.82. The van der Waals surface area contributed by atoms with Crippen molar-refractivity contribution >= 4 is 5.97 Å². The lowest BCUT2D eigenvalue weighted by molar-refractivity contribution is -0.153. The van der Waals surface area contributed by atoms with Crippen LogP contribution in [0.25, 0.3) is 0 Å². The maximum atomic E-state index is 11.7. The number of hydrogen-bond donors (Lipinski definition) is 2. The Morgan fingerprint density at radius 1 is 1.64 bits per heavy atom. The summed E-state index contributed by atoms with van der Waals surface area (Å²) >= 11 is 0. The molecule has 0 aromatic rings. The second kappa shape index (κ2) is 4.75. The summed E-state index contributed by atoms with van der Waals surface area (Å²) in [5.74, 6) is -0.0522. The molecule has 4 nitrogen and oxygen atoms in total. The fraction of sp³-hybridized carbons (Fsp3) is 0.900. The molecule has 82 valence electrons. The van der Waals surface area contributed by atoms with E-state index in [9.17, 15) is 4.79 Å². The molecule has 14 heavy (non-hydrogen) atoms. The van der Waals surface area contributed by atoms with E-state index in [1.807, 2.05) is 6.92 Å². The molecular formula is C10H20N2O2. The number of nitrogens with one attached hydrogen (secondary N) is 1. The molecule has 0 bridgehead atoms. The van der Waals surface area contributed by atoms with E-state index in [0.717, 1.165) is 19.5 Å². The van der Waals surface area contributed by atoms with Crippen LogP contribution in [0.4, 0.5) is 0 Å². The predicted octanol–water partition coefficient (Wildman–Crippen LogP) is 0.267. The van der Waals surface area contributed by atoms with Crippen molar-refractivity contribution in [1.82, 2.24) is 5.32 Å². The van der Waals surface area contributed by atoms with Crippen molar-refractivity contribution in [2.24, 2.45) is 11.7 Å². The monoisotopic (exact) mass is 200 g/mol. The van der Waals surface area contributed by atoms with Crippen LogP contribution in [0.2, 0.25) is 0 Å². The molecule has 0 amide bonds. The average molecular weight is 200 g/mol. The highest BCUT2D eigenvalue weighted by Crippen LogP contribution is 2.25. The highest BCUT2D eigenvalue weighted by atomic mass is 16.5. The number of esters is 1. The van der Waals surface area contributed by atoms with Gasteiger partial charge >= 0.3 is 5.97 Å². The molecule has 0 aromatic carbocycles. The standard InChI is InChI=1S/C10H20N2O2/c1-3-8-7-12-6-5-10(8,11)9(13)14-4-2/h8,12H,3-7,11H2,1-2H3. The van der Waals surface area contributed by atoms with Crippen molar-refractivity contribution in [2.75, 3.05) is 19.7 Å². The third-order valence-corrected chi connectivity index (χ3v) is 2.98. The van der Waals surface area contributed by atoms with Crippen molar-refractivity contribution in [3.05, 3.63) is 0 Å². The summed E-state index contributed by atoms with van der Waals surface area (Å²) < 4.78 is 5.02. The molecule has 1 aliphatic rings. The molecule has 3 N–H and O–H groups in total. The molecule has 0 aliphatic carbocycles. The first kappa shape index (κ1) is 11.5. The molecule has 2 atom stereocenters. The molecular weight excluding hydrogens is 180 g/mol. The molecule has 0 aromatic heterocycles. The molecule has 1 rings (SSSR count). The Labute approximate surface area is 85.2 Å². The van der Waals surface area contributed by atoms with Crippen molar-refractivity contribution < 1.29 is 9.53 Å². The van der Waals surface area contributed by atoms with E-state index in [1.54, 1.807) is 0 Å². The molecule has 2 unspecified atom stereocenters. The van der Waals surface area contributed by atoms with Gasteiger partial charge in [0, 0.05) is 6.54 Å². The average Bonchev–Trinajstić information content (AvgIpc) is 2.19. The molecule has 1 saturated heterocycles. The molecule has 1 aliphatic heterocycles. The van der Waals surface area contributed by atoms with Gasteiger partial charge in [-0.1, -0.05) is 6.92 Å². The minimum Gasteiger partial charge on any atom is -0.465 e. The molecule has 0 radical (unpaired) electrons. The highest BCUT2D eigenvalue weighted by molar-refractivity contribution is 5.81. The first-order valence-corrected chi connectivity index (χ1v) is 5.32. The Hall–Kier alpha value is -0.610. The van der Waals surface area contributed by atoms with Crippen LogP contribution in [0.1, 0.15) is 26.7 Å². The number of carbonyl (C=O) groups is 1. The van der Waals surface area contributed by atoms with E-state index in [2.05, 4.69) is 12.2 Å². The highest BCUT2D eigenvalue weighted by Gasteiger charge is 2.43. The lowest BCUT2D eigenvalue weighted by atomic mass is 9.78. The quantitative estimate of drug-likeness (QED) is 0.642. The summed E-state index contributed by atoms with van der Waals surface area (Å²) in [6.07, 6.45) is 1.58. The number of rotatable bonds is 3. The number of ether oxygens (including phenoxy) is 1. The molecule has 1 heterocycles. The van der Waals surface area contributed by atoms with Crippen LogP contribution in [-0.2, 0) is 9.53 Å². The van der Waals surface area contributed by atoms with Crippen LogP contribution in [-0.4, -0.2) is 31.2 Å². The van der Waals surface area contributed by atoms with Crippen LogP contribution < -0.4 is 11.1 Å². The Bertz CT molecular complexity index is 208. The van der Waals surface area contributed by atoms with E-state index >= 15 is 0 Å². The number of piperidine rings is 1. The maximum Gasteiger partial charge on any atom is 0.326 e. The van der Waals surface area contributed by atoms with Crippen molar-refractivity contribution in [1.29, 1.82) is 0 Å². The van der Waals surface area contributed by atoms with E-state index in [-0.39, 0.29) is 11.9 Å². The van der Waals surface area contributed by atoms with Crippen LogP contribution in [0, 0.1) is 5.92 Å². The van der Waals surface area contributed by atoms with Gasteiger partial charge in [0.05, 0.1) is 6.61 Å². The molecule has 1 fully saturated rings. The number of carbonyl (C=O) groups excluding carboxylic acids is 1. The normalized spacial score (nSPS) is 32.6. The van der Waals surface area contributed by atoms with Crippen LogP contribution in [0.5, 0.6) is 0 Å². The van der Waals surface area contributed by atoms with Crippen LogP contribution >= 0.6 is 0 Å². The number of nitrogens with two attached hydrogens (primary N) is 1. The fourth-order valence-corrected chi connectivity index (χ4v) is 2.00. The first-order valence-electron chi connectivity index (χ1n) is 5.32. The molecule has 0 spiro atoms. The summed E-state index contributed by atoms with van der Waals surface area (Å²) in [6.45, 7) is 5.88. The lowest BCUT2D eigenvalue weighted by Gasteiger charge is -2.38. The molecule has 4 heteroatoms. The Kier molecular flexibility index (Phi) is 3.89. The van der Waals surface area contributed by atoms with Crippen molar-refractivity contribution in [3.8, 4) is 0 Å². The Morgan fingerprint density at radius 3 is 2.93 bits per heavy atom. The fourth-order valence-electron chi connectivity index (χ4n) is 2.00. The lowest BCUT2D eigenvalue weighted by Crippen LogP contribution is -2.61. The van der Waals surface area contributed by atoms with Gasteiger partial charge in [-0.15, -0.1) is 0 Å². The second-order valence-electron chi connectivity index (χ2n) is 3.82. The zero-order chi connectivity index (χ0) is 10.6. The van der Waals surface area contributed by atoms with E-state index < -0.39 is 5.54 Å². The van der Waals surface area contributed by atoms with Gasteiger partial charge in [-0.2, -0.15) is 0 Å². The van der Waals surface area contributed by atoms with Gasteiger partial charge < -0.3 is 15.8 Å². The van der Waals surface area contributed by atoms with Crippen molar-refractivity contribution in [3.63, 3.8) is 0 Å². The summed E-state index contributed by atoms with van der Waals surface area (Å²) in [6, 6.07) is 0. The van der Waals surface area contributed by atoms with E-state index in [4.69, 9.17) is 10.5 Å². The minimum absolute atomic E-state index is 0.190. The van der Waals surface area contributed by atoms with E-state index in [0.29, 0.717) is 13.0 Å². The number of hydrogen-bond acceptors (Lipinski definition) is 4. The van der Waals surface area contributed by atoms with Crippen LogP contribution in [0.3, 0.4) is 0 Å². The summed E-state index contributed by atoms with van der Waals surface area (Å²) in [5.41, 5.74) is 5.36. The van der Waals surface area contributed by atoms with E-state index in [1.165, 1.54) is 0 Å². The topological polar surface area (TPSA) is 64.3 Å². The largest absolute Gasteiger partial charge is 0.465 e. The first-order chi connectivity index (χ1) is 6.65. The Balaban J connectivity index is 2.71. The third-order valence-electron chi connectivity index (χ3n) is 2.98. The minimum atomic E-state index is -0.768. The summed E-state index contributed by atoms with van der Waals surface area (Å²) in [5, 5.41) is 3.25. The smallest absolute Gasteiger partial charge is 0.326 e. The maximum absolute atomic E-state index is 11.7.